The Morgan fingerprint density at radius 3 is 2.61 bits per heavy atom. The molecule has 7 heteroatoms. The van der Waals surface area contributed by atoms with Gasteiger partial charge in [0.25, 0.3) is 5.91 Å². The minimum atomic E-state index is -0.869. The first-order chi connectivity index (χ1) is 15.1. The average molecular weight is 443 g/mol. The summed E-state index contributed by atoms with van der Waals surface area (Å²) in [6, 6.07) is 4.33. The van der Waals surface area contributed by atoms with E-state index in [9.17, 15) is 9.59 Å². The van der Waals surface area contributed by atoms with Crippen molar-refractivity contribution in [2.45, 2.75) is 76.4 Å². The van der Waals surface area contributed by atoms with Crippen LogP contribution in [0, 0.1) is 0 Å². The van der Waals surface area contributed by atoms with Crippen molar-refractivity contribution in [3.8, 4) is 0 Å². The van der Waals surface area contributed by atoms with Crippen molar-refractivity contribution in [2.75, 3.05) is 26.2 Å². The molecule has 1 aliphatic carbocycles. The Balaban J connectivity index is 1.43. The molecule has 3 aliphatic rings. The van der Waals surface area contributed by atoms with Gasteiger partial charge in [-0.3, -0.25) is 9.59 Å². The van der Waals surface area contributed by atoms with Gasteiger partial charge >= 0.3 is 0 Å². The van der Waals surface area contributed by atoms with Gasteiger partial charge < -0.3 is 19.7 Å². The van der Waals surface area contributed by atoms with Crippen molar-refractivity contribution in [3.05, 3.63) is 23.2 Å². The first-order valence-corrected chi connectivity index (χ1v) is 12.9. The number of nitrogens with one attached hydrogen (secondary N) is 1. The van der Waals surface area contributed by atoms with E-state index in [1.807, 2.05) is 17.9 Å². The van der Waals surface area contributed by atoms with Gasteiger partial charge in [-0.15, -0.1) is 11.3 Å². The van der Waals surface area contributed by atoms with Crippen molar-refractivity contribution < 1.29 is 9.59 Å². The number of likely N-dealkylation sites (tertiary alicyclic amines) is 1. The molecule has 1 atom stereocenters. The van der Waals surface area contributed by atoms with Gasteiger partial charge in [0.05, 0.1) is 16.8 Å². The summed E-state index contributed by atoms with van der Waals surface area (Å²) in [5.41, 5.74) is 0.927. The Bertz CT molecular complexity index is 952. The number of rotatable bonds is 5. The van der Waals surface area contributed by atoms with E-state index in [-0.39, 0.29) is 17.9 Å². The molecular formula is C24H34N4O2S. The lowest BCUT2D eigenvalue weighted by atomic mass is 9.94. The van der Waals surface area contributed by atoms with Gasteiger partial charge in [-0.05, 0) is 63.2 Å². The Hall–Kier alpha value is -1.86. The molecule has 1 N–H and O–H groups in total. The van der Waals surface area contributed by atoms with Gasteiger partial charge in [0.15, 0.2) is 0 Å². The van der Waals surface area contributed by atoms with Gasteiger partial charge in [0, 0.05) is 19.1 Å². The number of thiophene rings is 1. The molecule has 4 heterocycles. The van der Waals surface area contributed by atoms with E-state index in [2.05, 4.69) is 26.2 Å². The molecule has 2 aliphatic heterocycles. The van der Waals surface area contributed by atoms with Crippen molar-refractivity contribution in [1.82, 2.24) is 19.7 Å². The van der Waals surface area contributed by atoms with Crippen LogP contribution in [-0.4, -0.2) is 63.9 Å². The third-order valence-corrected chi connectivity index (χ3v) is 8.42. The van der Waals surface area contributed by atoms with Crippen molar-refractivity contribution in [3.63, 3.8) is 0 Å². The molecule has 0 aromatic carbocycles. The molecular weight excluding hydrogens is 408 g/mol. The third-order valence-electron chi connectivity index (χ3n) is 7.57. The van der Waals surface area contributed by atoms with E-state index in [4.69, 9.17) is 0 Å². The molecule has 0 unspecified atom stereocenters. The van der Waals surface area contributed by atoms with Gasteiger partial charge in [-0.2, -0.15) is 0 Å². The molecule has 2 aromatic heterocycles. The molecule has 0 bridgehead atoms. The quantitative estimate of drug-likeness (QED) is 0.765. The average Bonchev–Trinajstić information content (AvgIpc) is 3.44. The fraction of sp³-hybridized carbons (Fsp3) is 0.667. The SMILES string of the molecule is C[C@@]1(C(=O)NC2CCCC2)Cn2c(cc3sccc32)C(=O)N1CCN1CCCCCC1. The van der Waals surface area contributed by atoms with Gasteiger partial charge in [-0.1, -0.05) is 25.7 Å². The lowest BCUT2D eigenvalue weighted by Gasteiger charge is -2.45. The zero-order valence-electron chi connectivity index (χ0n) is 18.6. The zero-order valence-corrected chi connectivity index (χ0v) is 19.4. The van der Waals surface area contributed by atoms with Crippen LogP contribution in [0.3, 0.4) is 0 Å². The molecule has 31 heavy (non-hydrogen) atoms. The second-order valence-electron chi connectivity index (χ2n) is 9.73. The van der Waals surface area contributed by atoms with Crippen LogP contribution in [0.25, 0.3) is 10.2 Å². The van der Waals surface area contributed by atoms with Crippen LogP contribution in [0.5, 0.6) is 0 Å². The van der Waals surface area contributed by atoms with Crippen molar-refractivity contribution in [2.24, 2.45) is 0 Å². The number of nitrogens with zero attached hydrogens (tertiary/aromatic N) is 3. The van der Waals surface area contributed by atoms with Crippen LogP contribution in [-0.2, 0) is 11.3 Å². The maximum absolute atomic E-state index is 13.7. The van der Waals surface area contributed by atoms with E-state index < -0.39 is 5.54 Å². The number of aromatic nitrogens is 1. The second-order valence-corrected chi connectivity index (χ2v) is 10.7. The molecule has 0 spiro atoms. The zero-order chi connectivity index (χ0) is 21.4. The minimum absolute atomic E-state index is 0.00588. The van der Waals surface area contributed by atoms with Gasteiger partial charge in [0.1, 0.15) is 11.2 Å². The Morgan fingerprint density at radius 1 is 1.13 bits per heavy atom. The number of hydrogen-bond donors (Lipinski definition) is 1. The number of carbonyl (C=O) groups is 2. The first-order valence-electron chi connectivity index (χ1n) is 12.0. The van der Waals surface area contributed by atoms with E-state index in [0.29, 0.717) is 13.1 Å². The topological polar surface area (TPSA) is 57.6 Å². The molecule has 1 saturated heterocycles. The van der Waals surface area contributed by atoms with Crippen molar-refractivity contribution in [1.29, 1.82) is 0 Å². The Kier molecular flexibility index (Phi) is 5.82. The van der Waals surface area contributed by atoms with Crippen LogP contribution in [0.4, 0.5) is 0 Å². The van der Waals surface area contributed by atoms with Crippen LogP contribution in [0.15, 0.2) is 17.5 Å². The van der Waals surface area contributed by atoms with Gasteiger partial charge in [0.2, 0.25) is 5.91 Å². The summed E-state index contributed by atoms with van der Waals surface area (Å²) in [7, 11) is 0. The van der Waals surface area contributed by atoms with E-state index in [0.717, 1.165) is 48.4 Å². The van der Waals surface area contributed by atoms with Crippen LogP contribution in [0.2, 0.25) is 0 Å². The minimum Gasteiger partial charge on any atom is -0.351 e. The fourth-order valence-corrected chi connectivity index (χ4v) is 6.46. The summed E-state index contributed by atoms with van der Waals surface area (Å²) >= 11 is 1.66. The molecule has 2 aromatic rings. The molecule has 2 fully saturated rings. The first kappa shape index (κ1) is 21.0. The highest BCUT2D eigenvalue weighted by Gasteiger charge is 2.48. The summed E-state index contributed by atoms with van der Waals surface area (Å²) in [4.78, 5) is 31.7. The third kappa shape index (κ3) is 3.91. The van der Waals surface area contributed by atoms with Crippen LogP contribution in [0.1, 0.15) is 68.8 Å². The normalized spacial score (nSPS) is 25.7. The fourth-order valence-electron chi connectivity index (χ4n) is 5.64. The summed E-state index contributed by atoms with van der Waals surface area (Å²) < 4.78 is 3.20. The van der Waals surface area contributed by atoms with E-state index in [1.165, 1.54) is 38.5 Å². The molecule has 168 valence electrons. The molecule has 5 rings (SSSR count). The second kappa shape index (κ2) is 8.58. The van der Waals surface area contributed by atoms with E-state index >= 15 is 0 Å². The highest BCUT2D eigenvalue weighted by Crippen LogP contribution is 2.34. The maximum Gasteiger partial charge on any atom is 0.271 e. The molecule has 2 amide bonds. The summed E-state index contributed by atoms with van der Waals surface area (Å²) in [5, 5.41) is 5.35. The maximum atomic E-state index is 13.7. The highest BCUT2D eigenvalue weighted by atomic mass is 32.1. The van der Waals surface area contributed by atoms with Crippen LogP contribution >= 0.6 is 11.3 Å². The lowest BCUT2D eigenvalue weighted by Crippen LogP contribution is -2.65. The highest BCUT2D eigenvalue weighted by molar-refractivity contribution is 7.17. The number of carbonyl (C=O) groups excluding carboxylic acids is 2. The monoisotopic (exact) mass is 442 g/mol. The number of fused-ring (bicyclic) bond motifs is 3. The van der Waals surface area contributed by atoms with Crippen LogP contribution < -0.4 is 5.32 Å². The standard InChI is InChI=1S/C24H34N4O2S/c1-24(23(30)25-18-8-4-5-9-18)17-27-19-10-15-31-21(19)16-20(27)22(29)28(24)14-13-26-11-6-2-3-7-12-26/h10,15-16,18H,2-9,11-14,17H2,1H3,(H,25,30)/t24-/m0/s1. The Morgan fingerprint density at radius 2 is 1.87 bits per heavy atom. The summed E-state index contributed by atoms with van der Waals surface area (Å²) in [6.45, 7) is 6.13. The predicted octanol–water partition coefficient (Wildman–Crippen LogP) is 3.85. The van der Waals surface area contributed by atoms with Gasteiger partial charge in [-0.25, -0.2) is 0 Å². The molecule has 0 radical (unpaired) electrons. The van der Waals surface area contributed by atoms with E-state index in [1.54, 1.807) is 11.3 Å². The smallest absolute Gasteiger partial charge is 0.271 e. The largest absolute Gasteiger partial charge is 0.351 e. The molecule has 6 nitrogen and oxygen atoms in total. The number of amides is 2. The molecule has 1 saturated carbocycles. The lowest BCUT2D eigenvalue weighted by molar-refractivity contribution is -0.133. The summed E-state index contributed by atoms with van der Waals surface area (Å²) in [6.07, 6.45) is 9.50. The number of hydrogen-bond acceptors (Lipinski definition) is 4. The van der Waals surface area contributed by atoms with Crippen molar-refractivity contribution >= 4 is 33.4 Å². The Labute approximate surface area is 188 Å². The predicted molar refractivity (Wildman–Crippen MR) is 125 cm³/mol. The summed E-state index contributed by atoms with van der Waals surface area (Å²) in [5.74, 6) is -0.000102.